The molecule has 75 heavy (non-hydrogen) atoms. The summed E-state index contributed by atoms with van der Waals surface area (Å²) in [5.41, 5.74) is 14.6. The molecule has 0 spiro atoms. The van der Waals surface area contributed by atoms with Gasteiger partial charge < -0.3 is 57.6 Å². The van der Waals surface area contributed by atoms with Gasteiger partial charge in [0.25, 0.3) is 0 Å². The van der Waals surface area contributed by atoms with Crippen LogP contribution in [0.3, 0.4) is 0 Å². The predicted octanol–water partition coefficient (Wildman–Crippen LogP) is 7.49. The van der Waals surface area contributed by atoms with E-state index in [0.717, 1.165) is 42.4 Å². The maximum Gasteiger partial charge on any atom is 0.317 e. The standard InChI is InChI=1S/C56H90FN9O9/c1-41(2)17-28-51(68)63-47(26-29-52(69)70)38-65(55(74)61-35-11-15-43-12-5-4-6-13-43)48(16-7-9-33-58)40-66(56(75)62-36-31-45-20-18-42(3)19-21-45)49(27-30-53(71)72)39-64(37-32-50(59)67)54(73)60-34-10-8-14-44-22-24-46(57)25-23-44/h18-25,41,43,47-49H,4-17,26-40,58H2,1-3H3,(H2,59,67)(H,60,73)(H,61,74)(H,62,75)(H,63,68)(H,69,70)(H,71,72). The number of carboxylic acid groups (broad SMARTS) is 2. The van der Waals surface area contributed by atoms with Gasteiger partial charge in [0.1, 0.15) is 5.82 Å². The molecule has 3 unspecified atom stereocenters. The van der Waals surface area contributed by atoms with Crippen LogP contribution in [0.25, 0.3) is 0 Å². The van der Waals surface area contributed by atoms with Gasteiger partial charge in [0.2, 0.25) is 11.8 Å². The first kappa shape index (κ1) is 63.3. The Hall–Kier alpha value is -5.98. The van der Waals surface area contributed by atoms with Gasteiger partial charge in [0, 0.05) is 77.5 Å². The zero-order valence-corrected chi connectivity index (χ0v) is 45.1. The molecule has 0 aromatic heterocycles. The Kier molecular flexibility index (Phi) is 30.5. The SMILES string of the molecule is Cc1ccc(CCNC(=O)N(CC(CCCCN)N(CC(CCC(=O)O)NC(=O)CCC(C)C)C(=O)NCCCC2CCCCC2)C(CCC(=O)O)CN(CCC(N)=O)C(=O)NCCCCc2ccc(F)cc2)cc1. The van der Waals surface area contributed by atoms with Crippen LogP contribution in [0.1, 0.15) is 153 Å². The fourth-order valence-corrected chi connectivity index (χ4v) is 9.51. The van der Waals surface area contributed by atoms with Crippen LogP contribution in [-0.4, -0.2) is 137 Å². The fraction of sp³-hybridized carbons (Fsp3) is 0.661. The van der Waals surface area contributed by atoms with Crippen molar-refractivity contribution in [2.75, 3.05) is 52.4 Å². The van der Waals surface area contributed by atoms with E-state index in [1.54, 1.807) is 17.0 Å². The largest absolute Gasteiger partial charge is 0.481 e. The number of nitrogens with one attached hydrogen (secondary N) is 4. The minimum Gasteiger partial charge on any atom is -0.481 e. The van der Waals surface area contributed by atoms with Crippen LogP contribution in [0, 0.1) is 24.6 Å². The zero-order chi connectivity index (χ0) is 55.0. The van der Waals surface area contributed by atoms with Gasteiger partial charge in [-0.1, -0.05) is 94.3 Å². The van der Waals surface area contributed by atoms with Crippen molar-refractivity contribution in [1.82, 2.24) is 36.0 Å². The van der Waals surface area contributed by atoms with Crippen LogP contribution in [-0.2, 0) is 32.0 Å². The Balaban J connectivity index is 2.10. The maximum absolute atomic E-state index is 15.0. The minimum atomic E-state index is -1.14. The highest BCUT2D eigenvalue weighted by Crippen LogP contribution is 2.27. The number of carbonyl (C=O) groups is 7. The molecule has 10 N–H and O–H groups in total. The molecule has 3 rings (SSSR count). The van der Waals surface area contributed by atoms with Crippen molar-refractivity contribution < 1.29 is 48.2 Å². The highest BCUT2D eigenvalue weighted by atomic mass is 19.1. The molecule has 1 fully saturated rings. The number of aryl methyl sites for hydroxylation is 2. The Labute approximate surface area is 445 Å². The van der Waals surface area contributed by atoms with Gasteiger partial charge in [-0.3, -0.25) is 19.2 Å². The topological polar surface area (TPSA) is 270 Å². The van der Waals surface area contributed by atoms with E-state index < -0.39 is 60.5 Å². The Bertz CT molecular complexity index is 2020. The van der Waals surface area contributed by atoms with Crippen LogP contribution >= 0.6 is 0 Å². The number of hydrogen-bond acceptors (Lipinski definition) is 8. The van der Waals surface area contributed by atoms with Gasteiger partial charge in [-0.05, 0) is 119 Å². The molecule has 3 atom stereocenters. The molecule has 1 aliphatic carbocycles. The van der Waals surface area contributed by atoms with E-state index in [-0.39, 0.29) is 89.0 Å². The molecule has 2 aromatic rings. The third kappa shape index (κ3) is 27.4. The zero-order valence-electron chi connectivity index (χ0n) is 45.1. The van der Waals surface area contributed by atoms with Crippen LogP contribution in [0.4, 0.5) is 18.8 Å². The first-order valence-corrected chi connectivity index (χ1v) is 27.6. The van der Waals surface area contributed by atoms with Crippen LogP contribution in [0.2, 0.25) is 0 Å². The number of nitrogens with zero attached hydrogens (tertiary/aromatic N) is 3. The first-order valence-electron chi connectivity index (χ1n) is 27.6. The second-order valence-corrected chi connectivity index (χ2v) is 20.8. The summed E-state index contributed by atoms with van der Waals surface area (Å²) < 4.78 is 13.5. The molecule has 8 amide bonds. The number of hydrogen-bond donors (Lipinski definition) is 8. The van der Waals surface area contributed by atoms with Crippen LogP contribution < -0.4 is 32.7 Å². The highest BCUT2D eigenvalue weighted by molar-refractivity contribution is 5.79. The lowest BCUT2D eigenvalue weighted by Crippen LogP contribution is -2.60. The van der Waals surface area contributed by atoms with E-state index in [1.165, 1.54) is 41.2 Å². The van der Waals surface area contributed by atoms with Crippen molar-refractivity contribution in [3.05, 3.63) is 71.0 Å². The second kappa shape index (κ2) is 36.1. The molecule has 0 saturated heterocycles. The molecule has 0 heterocycles. The van der Waals surface area contributed by atoms with Crippen LogP contribution in [0.15, 0.2) is 48.5 Å². The van der Waals surface area contributed by atoms with Gasteiger partial charge >= 0.3 is 30.0 Å². The third-order valence-corrected chi connectivity index (χ3v) is 14.0. The van der Waals surface area contributed by atoms with E-state index in [9.17, 15) is 48.2 Å². The molecule has 0 aliphatic heterocycles. The summed E-state index contributed by atoms with van der Waals surface area (Å²) in [7, 11) is 0. The summed E-state index contributed by atoms with van der Waals surface area (Å²) in [6, 6.07) is 9.95. The van der Waals surface area contributed by atoms with E-state index in [0.29, 0.717) is 70.4 Å². The minimum absolute atomic E-state index is 0.0182. The van der Waals surface area contributed by atoms with E-state index in [1.807, 2.05) is 45.0 Å². The van der Waals surface area contributed by atoms with Crippen LogP contribution in [0.5, 0.6) is 0 Å². The number of halogens is 1. The number of nitrogens with two attached hydrogens (primary N) is 2. The lowest BCUT2D eigenvalue weighted by molar-refractivity contribution is -0.138. The quantitative estimate of drug-likeness (QED) is 0.0309. The summed E-state index contributed by atoms with van der Waals surface area (Å²) in [6.07, 6.45) is 11.2. The normalized spacial score (nSPS) is 13.8. The fourth-order valence-electron chi connectivity index (χ4n) is 9.51. The van der Waals surface area contributed by atoms with Crippen molar-refractivity contribution in [3.8, 4) is 0 Å². The number of aliphatic carboxylic acids is 2. The molecule has 1 aliphatic rings. The average Bonchev–Trinajstić information content (AvgIpc) is 3.37. The molecule has 19 heteroatoms. The van der Waals surface area contributed by atoms with Gasteiger partial charge in [-0.2, -0.15) is 0 Å². The summed E-state index contributed by atoms with van der Waals surface area (Å²) in [4.78, 5) is 98.4. The summed E-state index contributed by atoms with van der Waals surface area (Å²) in [5, 5.41) is 32.0. The first-order chi connectivity index (χ1) is 35.9. The molecule has 0 radical (unpaired) electrons. The molecule has 420 valence electrons. The number of urea groups is 3. The maximum atomic E-state index is 15.0. The monoisotopic (exact) mass is 1050 g/mol. The van der Waals surface area contributed by atoms with Crippen molar-refractivity contribution in [1.29, 1.82) is 0 Å². The molecular formula is C56H90FN9O9. The lowest BCUT2D eigenvalue weighted by atomic mass is 9.86. The van der Waals surface area contributed by atoms with E-state index in [2.05, 4.69) is 21.3 Å². The van der Waals surface area contributed by atoms with Crippen molar-refractivity contribution in [2.45, 2.75) is 174 Å². The number of amides is 8. The summed E-state index contributed by atoms with van der Waals surface area (Å²) in [5.74, 6) is -2.68. The van der Waals surface area contributed by atoms with E-state index in [4.69, 9.17) is 11.5 Å². The lowest BCUT2D eigenvalue weighted by Gasteiger charge is -2.41. The smallest absolute Gasteiger partial charge is 0.317 e. The Morgan fingerprint density at radius 1 is 0.640 bits per heavy atom. The van der Waals surface area contributed by atoms with Gasteiger partial charge in [-0.25, -0.2) is 18.8 Å². The van der Waals surface area contributed by atoms with E-state index >= 15 is 0 Å². The number of unbranched alkanes of at least 4 members (excludes halogenated alkanes) is 2. The van der Waals surface area contributed by atoms with Gasteiger partial charge in [-0.15, -0.1) is 0 Å². The molecule has 1 saturated carbocycles. The van der Waals surface area contributed by atoms with Crippen molar-refractivity contribution in [2.24, 2.45) is 23.3 Å². The molecule has 18 nitrogen and oxygen atoms in total. The predicted molar refractivity (Wildman–Crippen MR) is 289 cm³/mol. The summed E-state index contributed by atoms with van der Waals surface area (Å²) in [6.45, 7) is 6.53. The molecule has 2 aromatic carbocycles. The molecular weight excluding hydrogens is 962 g/mol. The highest BCUT2D eigenvalue weighted by Gasteiger charge is 2.35. The Morgan fingerprint density at radius 3 is 1.87 bits per heavy atom. The second-order valence-electron chi connectivity index (χ2n) is 20.8. The number of carbonyl (C=O) groups excluding carboxylic acids is 5. The third-order valence-electron chi connectivity index (χ3n) is 14.0. The van der Waals surface area contributed by atoms with Crippen molar-refractivity contribution in [3.63, 3.8) is 0 Å². The average molecular weight is 1050 g/mol. The van der Waals surface area contributed by atoms with Crippen molar-refractivity contribution >= 4 is 41.8 Å². The number of carboxylic acids is 2. The molecule has 0 bridgehead atoms. The Morgan fingerprint density at radius 2 is 1.23 bits per heavy atom. The van der Waals surface area contributed by atoms with Gasteiger partial charge in [0.05, 0.1) is 12.1 Å². The van der Waals surface area contributed by atoms with Gasteiger partial charge in [0.15, 0.2) is 0 Å². The number of benzene rings is 2. The number of rotatable bonds is 37. The summed E-state index contributed by atoms with van der Waals surface area (Å²) >= 11 is 0. The number of primary amides is 1.